The van der Waals surface area contributed by atoms with Crippen LogP contribution in [0.4, 0.5) is 0 Å². The zero-order valence-corrected chi connectivity index (χ0v) is 14.1. The van der Waals surface area contributed by atoms with E-state index in [1.807, 2.05) is 27.7 Å². The van der Waals surface area contributed by atoms with E-state index in [0.717, 1.165) is 4.68 Å². The molecule has 0 atom stereocenters. The third-order valence-corrected chi connectivity index (χ3v) is 3.75. The Labute approximate surface area is 139 Å². The molecule has 0 radical (unpaired) electrons. The molecule has 1 amide bonds. The molecule has 0 fully saturated rings. The minimum atomic E-state index is -1.49. The van der Waals surface area contributed by atoms with E-state index in [1.54, 1.807) is 17.0 Å². The monoisotopic (exact) mass is 330 g/mol. The Balaban J connectivity index is 2.53. The van der Waals surface area contributed by atoms with Crippen LogP contribution in [0.3, 0.4) is 0 Å². The first-order valence-corrected chi connectivity index (χ1v) is 7.76. The molecule has 0 spiro atoms. The molecule has 2 rings (SSSR count). The highest BCUT2D eigenvalue weighted by atomic mass is 16.4. The topological polar surface area (TPSA) is 95.3 Å². The molecule has 24 heavy (non-hydrogen) atoms. The number of rotatable bonds is 5. The number of aromatic carboxylic acids is 1. The van der Waals surface area contributed by atoms with Crippen molar-refractivity contribution >= 4 is 22.6 Å². The summed E-state index contributed by atoms with van der Waals surface area (Å²) < 4.78 is 0.896. The minimum Gasteiger partial charge on any atom is -0.543 e. The number of carbonyl (C=O) groups is 2. The molecule has 2 aromatic rings. The van der Waals surface area contributed by atoms with E-state index in [-0.39, 0.29) is 41.0 Å². The van der Waals surface area contributed by atoms with Crippen LogP contribution in [0.1, 0.15) is 38.2 Å². The number of amides is 1. The second-order valence-electron chi connectivity index (χ2n) is 6.13. The number of benzene rings is 1. The smallest absolute Gasteiger partial charge is 0.275 e. The van der Waals surface area contributed by atoms with Crippen LogP contribution >= 0.6 is 0 Å². The first-order valence-electron chi connectivity index (χ1n) is 7.76. The maximum Gasteiger partial charge on any atom is 0.275 e. The van der Waals surface area contributed by atoms with Gasteiger partial charge in [-0.25, -0.2) is 4.68 Å². The minimum absolute atomic E-state index is 0.0470. The van der Waals surface area contributed by atoms with E-state index in [4.69, 9.17) is 0 Å². The van der Waals surface area contributed by atoms with E-state index in [0.29, 0.717) is 0 Å². The maximum absolute atomic E-state index is 12.5. The van der Waals surface area contributed by atoms with Crippen molar-refractivity contribution in [2.45, 2.75) is 46.3 Å². The van der Waals surface area contributed by atoms with E-state index >= 15 is 0 Å². The molecule has 128 valence electrons. The van der Waals surface area contributed by atoms with Crippen molar-refractivity contribution in [3.8, 4) is 0 Å². The first-order chi connectivity index (χ1) is 11.2. The molecule has 7 heteroatoms. The molecule has 0 aliphatic rings. The summed E-state index contributed by atoms with van der Waals surface area (Å²) in [6.45, 7) is 7.19. The maximum atomic E-state index is 12.5. The quantitative estimate of drug-likeness (QED) is 0.791. The van der Waals surface area contributed by atoms with Crippen LogP contribution in [0, 0.1) is 0 Å². The van der Waals surface area contributed by atoms with Gasteiger partial charge in [0.15, 0.2) is 0 Å². The number of carboxylic acid groups (broad SMARTS) is 1. The summed E-state index contributed by atoms with van der Waals surface area (Å²) in [5, 5.41) is 15.6. The van der Waals surface area contributed by atoms with Crippen LogP contribution in [-0.4, -0.2) is 38.6 Å². The Hall–Kier alpha value is -2.70. The summed E-state index contributed by atoms with van der Waals surface area (Å²) in [6.07, 6.45) is 0. The number of carboxylic acids is 1. The normalized spacial score (nSPS) is 11.2. The predicted molar refractivity (Wildman–Crippen MR) is 87.5 cm³/mol. The van der Waals surface area contributed by atoms with Gasteiger partial charge in [0.05, 0.1) is 11.4 Å². The summed E-state index contributed by atoms with van der Waals surface area (Å²) in [7, 11) is 0. The van der Waals surface area contributed by atoms with Gasteiger partial charge in [0.1, 0.15) is 12.2 Å². The van der Waals surface area contributed by atoms with Crippen molar-refractivity contribution in [3.63, 3.8) is 0 Å². The predicted octanol–water partition coefficient (Wildman–Crippen LogP) is 0.405. The van der Waals surface area contributed by atoms with Crippen molar-refractivity contribution in [1.82, 2.24) is 14.7 Å². The molecule has 0 N–H and O–H groups in total. The molecule has 0 unspecified atom stereocenters. The zero-order chi connectivity index (χ0) is 18.0. The number of nitrogens with zero attached hydrogens (tertiary/aromatic N) is 3. The van der Waals surface area contributed by atoms with Crippen molar-refractivity contribution in [1.29, 1.82) is 0 Å². The van der Waals surface area contributed by atoms with Crippen molar-refractivity contribution < 1.29 is 14.7 Å². The zero-order valence-electron chi connectivity index (χ0n) is 14.1. The van der Waals surface area contributed by atoms with Gasteiger partial charge in [0, 0.05) is 17.5 Å². The third kappa shape index (κ3) is 3.29. The average Bonchev–Trinajstić information content (AvgIpc) is 2.49. The Morgan fingerprint density at radius 2 is 1.67 bits per heavy atom. The molecule has 0 aliphatic heterocycles. The highest BCUT2D eigenvalue weighted by Crippen LogP contribution is 2.13. The molecule has 0 saturated carbocycles. The lowest BCUT2D eigenvalue weighted by Gasteiger charge is -2.30. The molecule has 7 nitrogen and oxygen atoms in total. The average molecular weight is 330 g/mol. The van der Waals surface area contributed by atoms with Crippen molar-refractivity contribution in [2.75, 3.05) is 0 Å². The summed E-state index contributed by atoms with van der Waals surface area (Å²) in [6, 6.07) is 6.16. The van der Waals surface area contributed by atoms with Gasteiger partial charge in [0.2, 0.25) is 5.91 Å². The summed E-state index contributed by atoms with van der Waals surface area (Å²) >= 11 is 0. The lowest BCUT2D eigenvalue weighted by atomic mass is 10.1. The molecule has 1 aromatic carbocycles. The van der Waals surface area contributed by atoms with Gasteiger partial charge >= 0.3 is 0 Å². The van der Waals surface area contributed by atoms with Gasteiger partial charge in [0.25, 0.3) is 5.56 Å². The number of hydrogen-bond donors (Lipinski definition) is 0. The van der Waals surface area contributed by atoms with Crippen LogP contribution in [0.2, 0.25) is 0 Å². The Morgan fingerprint density at radius 1 is 1.12 bits per heavy atom. The molecule has 0 aliphatic carbocycles. The van der Waals surface area contributed by atoms with Crippen LogP contribution in [0.15, 0.2) is 29.1 Å². The van der Waals surface area contributed by atoms with Gasteiger partial charge in [-0.1, -0.05) is 18.2 Å². The van der Waals surface area contributed by atoms with E-state index in [9.17, 15) is 19.5 Å². The fraction of sp³-hybridized carbons (Fsp3) is 0.412. The number of fused-ring (bicyclic) bond motifs is 1. The summed E-state index contributed by atoms with van der Waals surface area (Å²) in [5.41, 5.74) is -0.852. The third-order valence-electron chi connectivity index (χ3n) is 3.75. The lowest BCUT2D eigenvalue weighted by Crippen LogP contribution is -2.45. The Kier molecular flexibility index (Phi) is 5.02. The standard InChI is InChI=1S/C17H21N3O4/c1-10(2)20(11(3)4)14(21)9-19-16(22)13-8-6-5-7-12(13)15(18-19)17(23)24/h5-8,10-11H,9H2,1-4H3,(H,23,24)/p-1. The molecule has 0 bridgehead atoms. The molecule has 1 heterocycles. The second-order valence-corrected chi connectivity index (χ2v) is 6.13. The van der Waals surface area contributed by atoms with Gasteiger partial charge in [-0.05, 0) is 33.8 Å². The number of hydrogen-bond acceptors (Lipinski definition) is 5. The fourth-order valence-electron chi connectivity index (χ4n) is 2.88. The molecular formula is C17H20N3O4-. The van der Waals surface area contributed by atoms with E-state index < -0.39 is 11.5 Å². The van der Waals surface area contributed by atoms with Crippen LogP contribution in [0.5, 0.6) is 0 Å². The van der Waals surface area contributed by atoms with Crippen molar-refractivity contribution in [2.24, 2.45) is 0 Å². The lowest BCUT2D eigenvalue weighted by molar-refractivity contribution is -0.255. The largest absolute Gasteiger partial charge is 0.543 e. The Morgan fingerprint density at radius 3 is 2.17 bits per heavy atom. The van der Waals surface area contributed by atoms with Gasteiger partial charge in [-0.15, -0.1) is 0 Å². The number of aromatic nitrogens is 2. The number of carbonyl (C=O) groups excluding carboxylic acids is 2. The SMILES string of the molecule is CC(C)N(C(=O)Cn1nc(C(=O)[O-])c2ccccc2c1=O)C(C)C. The molecule has 1 aromatic heterocycles. The van der Waals surface area contributed by atoms with Gasteiger partial charge in [-0.3, -0.25) is 9.59 Å². The van der Waals surface area contributed by atoms with Crippen molar-refractivity contribution in [3.05, 3.63) is 40.3 Å². The molecule has 0 saturated heterocycles. The van der Waals surface area contributed by atoms with Gasteiger partial charge < -0.3 is 14.8 Å². The van der Waals surface area contributed by atoms with Crippen LogP contribution in [-0.2, 0) is 11.3 Å². The highest BCUT2D eigenvalue weighted by Gasteiger charge is 2.22. The fourth-order valence-corrected chi connectivity index (χ4v) is 2.88. The van der Waals surface area contributed by atoms with Crippen LogP contribution in [0.25, 0.3) is 10.8 Å². The second kappa shape index (κ2) is 6.82. The highest BCUT2D eigenvalue weighted by molar-refractivity contribution is 6.00. The van der Waals surface area contributed by atoms with E-state index in [2.05, 4.69) is 5.10 Å². The summed E-state index contributed by atoms with van der Waals surface area (Å²) in [5.74, 6) is -1.79. The van der Waals surface area contributed by atoms with Gasteiger partial charge in [-0.2, -0.15) is 5.10 Å². The first kappa shape index (κ1) is 17.7. The van der Waals surface area contributed by atoms with Crippen LogP contribution < -0.4 is 10.7 Å². The Bertz CT molecular complexity index is 831. The van der Waals surface area contributed by atoms with E-state index in [1.165, 1.54) is 12.1 Å². The summed E-state index contributed by atoms with van der Waals surface area (Å²) in [4.78, 5) is 38.0. The molecular weight excluding hydrogens is 310 g/mol.